The van der Waals surface area contributed by atoms with Crippen molar-refractivity contribution in [2.75, 3.05) is 19.6 Å². The molecular weight excluding hydrogens is 176 g/mol. The van der Waals surface area contributed by atoms with Crippen molar-refractivity contribution in [3.8, 4) is 0 Å². The van der Waals surface area contributed by atoms with Gasteiger partial charge in [0.2, 0.25) is 5.91 Å². The minimum absolute atomic E-state index is 0.320. The van der Waals surface area contributed by atoms with Crippen LogP contribution in [0.5, 0.6) is 0 Å². The predicted molar refractivity (Wildman–Crippen MR) is 58.1 cm³/mol. The van der Waals surface area contributed by atoms with Crippen molar-refractivity contribution in [1.29, 1.82) is 0 Å². The van der Waals surface area contributed by atoms with E-state index in [2.05, 4.69) is 26.1 Å². The van der Waals surface area contributed by atoms with Crippen LogP contribution in [-0.2, 0) is 4.79 Å². The molecule has 3 nitrogen and oxygen atoms in total. The number of carbonyl (C=O) groups is 1. The van der Waals surface area contributed by atoms with Crippen LogP contribution in [0.15, 0.2) is 0 Å². The van der Waals surface area contributed by atoms with Gasteiger partial charge in [-0.25, -0.2) is 0 Å². The molecule has 0 aromatic heterocycles. The molecule has 1 aliphatic heterocycles. The zero-order valence-corrected chi connectivity index (χ0v) is 9.55. The molecule has 1 saturated heterocycles. The van der Waals surface area contributed by atoms with Crippen molar-refractivity contribution in [3.05, 3.63) is 0 Å². The molecule has 1 N–H and O–H groups in total. The van der Waals surface area contributed by atoms with Crippen molar-refractivity contribution in [3.63, 3.8) is 0 Å². The van der Waals surface area contributed by atoms with Gasteiger partial charge in [-0.2, -0.15) is 0 Å². The predicted octanol–water partition coefficient (Wildman–Crippen LogP) is 1.24. The molecule has 82 valence electrons. The summed E-state index contributed by atoms with van der Waals surface area (Å²) in [5.41, 5.74) is 0. The number of carbonyl (C=O) groups excluding carboxylic acids is 1. The van der Waals surface area contributed by atoms with E-state index in [1.807, 2.05) is 4.90 Å². The lowest BCUT2D eigenvalue weighted by Gasteiger charge is -2.17. The molecule has 14 heavy (non-hydrogen) atoms. The van der Waals surface area contributed by atoms with E-state index >= 15 is 0 Å². The van der Waals surface area contributed by atoms with E-state index in [9.17, 15) is 4.79 Å². The second-order valence-electron chi connectivity index (χ2n) is 4.48. The highest BCUT2D eigenvalue weighted by Gasteiger charge is 2.25. The number of likely N-dealkylation sites (N-methyl/N-ethyl adjacent to an activating group) is 1. The van der Waals surface area contributed by atoms with E-state index in [4.69, 9.17) is 0 Å². The molecule has 0 aromatic carbocycles. The van der Waals surface area contributed by atoms with Gasteiger partial charge >= 0.3 is 0 Å². The summed E-state index contributed by atoms with van der Waals surface area (Å²) in [5, 5.41) is 3.39. The molecule has 1 heterocycles. The lowest BCUT2D eigenvalue weighted by atomic mass is 10.1. The molecule has 1 rings (SSSR count). The van der Waals surface area contributed by atoms with Crippen LogP contribution in [0.1, 0.15) is 33.6 Å². The van der Waals surface area contributed by atoms with Gasteiger partial charge in [0.25, 0.3) is 0 Å². The average Bonchev–Trinajstić information content (AvgIpc) is 2.52. The summed E-state index contributed by atoms with van der Waals surface area (Å²) >= 11 is 0. The molecule has 0 spiro atoms. The number of nitrogens with one attached hydrogen (secondary N) is 1. The van der Waals surface area contributed by atoms with E-state index in [-0.39, 0.29) is 0 Å². The molecule has 0 bridgehead atoms. The van der Waals surface area contributed by atoms with E-state index in [0.717, 1.165) is 26.1 Å². The summed E-state index contributed by atoms with van der Waals surface area (Å²) in [6.45, 7) is 9.13. The molecule has 0 aromatic rings. The molecule has 1 amide bonds. The third-order valence-electron chi connectivity index (χ3n) is 2.62. The van der Waals surface area contributed by atoms with Crippen LogP contribution in [0.25, 0.3) is 0 Å². The third-order valence-corrected chi connectivity index (χ3v) is 2.62. The first-order chi connectivity index (χ1) is 6.63. The van der Waals surface area contributed by atoms with Crippen molar-refractivity contribution in [1.82, 2.24) is 10.2 Å². The quantitative estimate of drug-likeness (QED) is 0.737. The second kappa shape index (κ2) is 5.35. The Morgan fingerprint density at radius 1 is 1.57 bits per heavy atom. The number of amides is 1. The normalized spacial score (nSPS) is 22.0. The minimum Gasteiger partial charge on any atom is -0.341 e. The molecule has 1 fully saturated rings. The monoisotopic (exact) mass is 198 g/mol. The first-order valence-corrected chi connectivity index (χ1v) is 5.64. The van der Waals surface area contributed by atoms with E-state index < -0.39 is 0 Å². The SMILES string of the molecule is CCNC1CCN(C(=O)CC(C)C)C1. The molecule has 1 aliphatic rings. The Morgan fingerprint density at radius 2 is 2.29 bits per heavy atom. The van der Waals surface area contributed by atoms with E-state index in [1.54, 1.807) is 0 Å². The van der Waals surface area contributed by atoms with Crippen molar-refractivity contribution < 1.29 is 4.79 Å². The van der Waals surface area contributed by atoms with Crippen LogP contribution in [0.3, 0.4) is 0 Å². The Morgan fingerprint density at radius 3 is 2.86 bits per heavy atom. The van der Waals surface area contributed by atoms with Gasteiger partial charge in [0.15, 0.2) is 0 Å². The van der Waals surface area contributed by atoms with Crippen LogP contribution in [0, 0.1) is 5.92 Å². The molecule has 0 saturated carbocycles. The number of nitrogens with zero attached hydrogens (tertiary/aromatic N) is 1. The van der Waals surface area contributed by atoms with Gasteiger partial charge in [0.1, 0.15) is 0 Å². The topological polar surface area (TPSA) is 32.3 Å². The molecule has 3 heteroatoms. The van der Waals surface area contributed by atoms with Crippen molar-refractivity contribution in [2.45, 2.75) is 39.7 Å². The number of hydrogen-bond donors (Lipinski definition) is 1. The zero-order valence-electron chi connectivity index (χ0n) is 9.55. The third kappa shape index (κ3) is 3.29. The van der Waals surface area contributed by atoms with Crippen LogP contribution >= 0.6 is 0 Å². The van der Waals surface area contributed by atoms with Gasteiger partial charge in [0, 0.05) is 25.6 Å². The Bertz CT molecular complexity index is 192. The Balaban J connectivity index is 2.30. The highest BCUT2D eigenvalue weighted by atomic mass is 16.2. The fraction of sp³-hybridized carbons (Fsp3) is 0.909. The number of rotatable bonds is 4. The van der Waals surface area contributed by atoms with Gasteiger partial charge in [-0.15, -0.1) is 0 Å². The van der Waals surface area contributed by atoms with Crippen molar-refractivity contribution in [2.24, 2.45) is 5.92 Å². The fourth-order valence-corrected chi connectivity index (χ4v) is 1.92. The Kier molecular flexibility index (Phi) is 4.39. The molecular formula is C11H22N2O. The summed E-state index contributed by atoms with van der Waals surface area (Å²) < 4.78 is 0. The molecule has 1 unspecified atom stereocenters. The standard InChI is InChI=1S/C11H22N2O/c1-4-12-10-5-6-13(8-10)11(14)7-9(2)3/h9-10,12H,4-8H2,1-3H3. The molecule has 1 atom stereocenters. The molecule has 0 aliphatic carbocycles. The van der Waals surface area contributed by atoms with Gasteiger partial charge in [0.05, 0.1) is 0 Å². The van der Waals surface area contributed by atoms with Crippen LogP contribution < -0.4 is 5.32 Å². The summed E-state index contributed by atoms with van der Waals surface area (Å²) in [4.78, 5) is 13.7. The van der Waals surface area contributed by atoms with Crippen LogP contribution in [0.2, 0.25) is 0 Å². The number of hydrogen-bond acceptors (Lipinski definition) is 2. The Labute approximate surface area is 86.9 Å². The summed E-state index contributed by atoms with van der Waals surface area (Å²) in [6.07, 6.45) is 1.80. The zero-order chi connectivity index (χ0) is 10.6. The minimum atomic E-state index is 0.320. The van der Waals surface area contributed by atoms with E-state index in [1.165, 1.54) is 0 Å². The van der Waals surface area contributed by atoms with Gasteiger partial charge in [-0.05, 0) is 18.9 Å². The summed E-state index contributed by atoms with van der Waals surface area (Å²) in [7, 11) is 0. The summed E-state index contributed by atoms with van der Waals surface area (Å²) in [6, 6.07) is 0.524. The Hall–Kier alpha value is -0.570. The maximum atomic E-state index is 11.7. The highest BCUT2D eigenvalue weighted by Crippen LogP contribution is 2.12. The fourth-order valence-electron chi connectivity index (χ4n) is 1.92. The average molecular weight is 198 g/mol. The van der Waals surface area contributed by atoms with Crippen LogP contribution in [0.4, 0.5) is 0 Å². The maximum Gasteiger partial charge on any atom is 0.222 e. The first-order valence-electron chi connectivity index (χ1n) is 5.64. The lowest BCUT2D eigenvalue weighted by molar-refractivity contribution is -0.130. The number of likely N-dealkylation sites (tertiary alicyclic amines) is 1. The van der Waals surface area contributed by atoms with Gasteiger partial charge < -0.3 is 10.2 Å². The van der Waals surface area contributed by atoms with Crippen molar-refractivity contribution >= 4 is 5.91 Å². The maximum absolute atomic E-state index is 11.7. The smallest absolute Gasteiger partial charge is 0.222 e. The largest absolute Gasteiger partial charge is 0.341 e. The highest BCUT2D eigenvalue weighted by molar-refractivity contribution is 5.76. The first kappa shape index (κ1) is 11.5. The second-order valence-corrected chi connectivity index (χ2v) is 4.48. The molecule has 0 radical (unpaired) electrons. The van der Waals surface area contributed by atoms with Gasteiger partial charge in [-0.3, -0.25) is 4.79 Å². The van der Waals surface area contributed by atoms with Gasteiger partial charge in [-0.1, -0.05) is 20.8 Å². The van der Waals surface area contributed by atoms with Crippen LogP contribution in [-0.4, -0.2) is 36.5 Å². The van der Waals surface area contributed by atoms with E-state index in [0.29, 0.717) is 24.3 Å². The summed E-state index contributed by atoms with van der Waals surface area (Å²) in [5.74, 6) is 0.793. The lowest BCUT2D eigenvalue weighted by Crippen LogP contribution is -2.35.